The highest BCUT2D eigenvalue weighted by Crippen LogP contribution is 2.24. The van der Waals surface area contributed by atoms with E-state index in [1.54, 1.807) is 24.3 Å². The van der Waals surface area contributed by atoms with Crippen molar-refractivity contribution >= 4 is 17.5 Å². The number of hydrazine groups is 1. The molecule has 0 aliphatic heterocycles. The Hall–Kier alpha value is -1.92. The number of nitrogen functional groups attached to an aromatic ring is 1. The Morgan fingerprint density at radius 1 is 1.44 bits per heavy atom. The van der Waals surface area contributed by atoms with E-state index in [9.17, 15) is 4.79 Å². The Balaban J connectivity index is 2.39. The van der Waals surface area contributed by atoms with Gasteiger partial charge in [0.15, 0.2) is 0 Å². The van der Waals surface area contributed by atoms with E-state index in [0.29, 0.717) is 10.6 Å². The zero-order valence-electron chi connectivity index (χ0n) is 7.98. The molecular weight excluding hydrogens is 232 g/mol. The lowest BCUT2D eigenvalue weighted by atomic mass is 10.2. The van der Waals surface area contributed by atoms with Crippen LogP contribution in [0.2, 0.25) is 5.02 Å². The molecule has 0 aliphatic rings. The standard InChI is InChI=1S/C9H7ClN4O2/c10-6-4-2-1-3-5(6)7-12-9(16-14-7)8(15)13-11/h1-4H,11H2,(H,13,15). The molecule has 1 aromatic heterocycles. The molecule has 16 heavy (non-hydrogen) atoms. The van der Waals surface area contributed by atoms with Gasteiger partial charge in [-0.05, 0) is 12.1 Å². The number of rotatable bonds is 2. The maximum Gasteiger partial charge on any atom is 0.323 e. The summed E-state index contributed by atoms with van der Waals surface area (Å²) < 4.78 is 4.71. The van der Waals surface area contributed by atoms with Crippen molar-refractivity contribution in [2.45, 2.75) is 0 Å². The molecular formula is C9H7ClN4O2. The second-order valence-corrected chi connectivity index (χ2v) is 3.28. The molecule has 7 heteroatoms. The van der Waals surface area contributed by atoms with E-state index in [1.165, 1.54) is 0 Å². The predicted molar refractivity (Wildman–Crippen MR) is 56.4 cm³/mol. The minimum atomic E-state index is -0.647. The zero-order chi connectivity index (χ0) is 11.5. The molecule has 6 nitrogen and oxygen atoms in total. The van der Waals surface area contributed by atoms with Gasteiger partial charge < -0.3 is 4.52 Å². The van der Waals surface area contributed by atoms with Gasteiger partial charge in [0.2, 0.25) is 5.82 Å². The fourth-order valence-electron chi connectivity index (χ4n) is 1.13. The Morgan fingerprint density at radius 3 is 2.88 bits per heavy atom. The monoisotopic (exact) mass is 238 g/mol. The van der Waals surface area contributed by atoms with E-state index in [4.69, 9.17) is 22.0 Å². The van der Waals surface area contributed by atoms with Crippen molar-refractivity contribution in [1.29, 1.82) is 0 Å². The molecule has 1 amide bonds. The number of benzene rings is 1. The fraction of sp³-hybridized carbons (Fsp3) is 0. The minimum Gasteiger partial charge on any atom is -0.328 e. The summed E-state index contributed by atoms with van der Waals surface area (Å²) in [5.74, 6) is 4.31. The SMILES string of the molecule is NNC(=O)c1nc(-c2ccccc2Cl)no1. The Morgan fingerprint density at radius 2 is 2.19 bits per heavy atom. The summed E-state index contributed by atoms with van der Waals surface area (Å²) in [5, 5.41) is 4.10. The fourth-order valence-corrected chi connectivity index (χ4v) is 1.35. The highest BCUT2D eigenvalue weighted by atomic mass is 35.5. The number of nitrogens with zero attached hydrogens (tertiary/aromatic N) is 2. The topological polar surface area (TPSA) is 94.0 Å². The summed E-state index contributed by atoms with van der Waals surface area (Å²) in [6.07, 6.45) is 0. The van der Waals surface area contributed by atoms with Gasteiger partial charge in [0.1, 0.15) is 0 Å². The van der Waals surface area contributed by atoms with E-state index < -0.39 is 5.91 Å². The van der Waals surface area contributed by atoms with Gasteiger partial charge in [0.05, 0.1) is 5.02 Å². The first-order chi connectivity index (χ1) is 7.72. The largest absolute Gasteiger partial charge is 0.328 e. The van der Waals surface area contributed by atoms with Gasteiger partial charge in [0, 0.05) is 5.56 Å². The smallest absolute Gasteiger partial charge is 0.323 e. The predicted octanol–water partition coefficient (Wildman–Crippen LogP) is 0.993. The van der Waals surface area contributed by atoms with E-state index in [0.717, 1.165) is 0 Å². The maximum atomic E-state index is 11.1. The van der Waals surface area contributed by atoms with Crippen molar-refractivity contribution in [1.82, 2.24) is 15.6 Å². The zero-order valence-corrected chi connectivity index (χ0v) is 8.73. The van der Waals surface area contributed by atoms with Crippen LogP contribution in [0, 0.1) is 0 Å². The molecule has 1 heterocycles. The van der Waals surface area contributed by atoms with E-state index in [-0.39, 0.29) is 11.7 Å². The Labute approximate surface area is 95.4 Å². The number of carbonyl (C=O) groups excluding carboxylic acids is 1. The van der Waals surface area contributed by atoms with E-state index >= 15 is 0 Å². The third-order valence-electron chi connectivity index (χ3n) is 1.87. The lowest BCUT2D eigenvalue weighted by molar-refractivity contribution is 0.0910. The third kappa shape index (κ3) is 1.88. The summed E-state index contributed by atoms with van der Waals surface area (Å²) in [6, 6.07) is 6.97. The summed E-state index contributed by atoms with van der Waals surface area (Å²) in [4.78, 5) is 14.9. The van der Waals surface area contributed by atoms with Crippen LogP contribution in [-0.2, 0) is 0 Å². The van der Waals surface area contributed by atoms with Gasteiger partial charge >= 0.3 is 11.8 Å². The lowest BCUT2D eigenvalue weighted by Gasteiger charge is -1.95. The second-order valence-electron chi connectivity index (χ2n) is 2.88. The molecule has 0 bridgehead atoms. The number of hydrogen-bond donors (Lipinski definition) is 2. The van der Waals surface area contributed by atoms with Gasteiger partial charge in [-0.25, -0.2) is 5.84 Å². The quantitative estimate of drug-likeness (QED) is 0.462. The number of amides is 1. The summed E-state index contributed by atoms with van der Waals surface area (Å²) in [7, 11) is 0. The highest BCUT2D eigenvalue weighted by Gasteiger charge is 2.15. The molecule has 0 spiro atoms. The van der Waals surface area contributed by atoms with E-state index in [2.05, 4.69) is 10.1 Å². The summed E-state index contributed by atoms with van der Waals surface area (Å²) in [5.41, 5.74) is 2.48. The first-order valence-electron chi connectivity index (χ1n) is 4.32. The molecule has 0 saturated heterocycles. The number of hydrogen-bond acceptors (Lipinski definition) is 5. The Bertz CT molecular complexity index is 526. The van der Waals surface area contributed by atoms with Crippen molar-refractivity contribution in [3.8, 4) is 11.4 Å². The first kappa shape index (κ1) is 10.6. The Kier molecular flexibility index (Phi) is 2.84. The number of halogens is 1. The summed E-state index contributed by atoms with van der Waals surface area (Å²) >= 11 is 5.93. The number of aromatic nitrogens is 2. The van der Waals surface area contributed by atoms with E-state index in [1.807, 2.05) is 5.43 Å². The molecule has 0 saturated carbocycles. The van der Waals surface area contributed by atoms with Crippen molar-refractivity contribution in [2.75, 3.05) is 0 Å². The number of carbonyl (C=O) groups is 1. The van der Waals surface area contributed by atoms with Gasteiger partial charge in [-0.2, -0.15) is 4.98 Å². The molecule has 0 unspecified atom stereocenters. The summed E-state index contributed by atoms with van der Waals surface area (Å²) in [6.45, 7) is 0. The highest BCUT2D eigenvalue weighted by molar-refractivity contribution is 6.33. The number of nitrogens with one attached hydrogen (secondary N) is 1. The molecule has 0 aliphatic carbocycles. The van der Waals surface area contributed by atoms with Gasteiger partial charge in [0.25, 0.3) is 0 Å². The van der Waals surface area contributed by atoms with Gasteiger partial charge in [-0.15, -0.1) is 0 Å². The molecule has 1 aromatic carbocycles. The molecule has 0 radical (unpaired) electrons. The minimum absolute atomic E-state index is 0.211. The van der Waals surface area contributed by atoms with Crippen molar-refractivity contribution in [3.05, 3.63) is 35.2 Å². The molecule has 0 fully saturated rings. The maximum absolute atomic E-state index is 11.1. The average Bonchev–Trinajstić information content (AvgIpc) is 2.78. The average molecular weight is 239 g/mol. The van der Waals surface area contributed by atoms with Crippen LogP contribution in [0.25, 0.3) is 11.4 Å². The normalized spacial score (nSPS) is 10.1. The van der Waals surface area contributed by atoms with Crippen LogP contribution in [-0.4, -0.2) is 16.0 Å². The molecule has 3 N–H and O–H groups in total. The molecule has 2 rings (SSSR count). The first-order valence-corrected chi connectivity index (χ1v) is 4.69. The van der Waals surface area contributed by atoms with Gasteiger partial charge in [-0.3, -0.25) is 10.2 Å². The van der Waals surface area contributed by atoms with Crippen LogP contribution in [0.4, 0.5) is 0 Å². The van der Waals surface area contributed by atoms with Crippen LogP contribution in [0.3, 0.4) is 0 Å². The van der Waals surface area contributed by atoms with Crippen LogP contribution >= 0.6 is 11.6 Å². The molecule has 2 aromatic rings. The third-order valence-corrected chi connectivity index (χ3v) is 2.20. The number of nitrogens with two attached hydrogens (primary N) is 1. The van der Waals surface area contributed by atoms with Crippen LogP contribution in [0.5, 0.6) is 0 Å². The lowest BCUT2D eigenvalue weighted by Crippen LogP contribution is -2.30. The van der Waals surface area contributed by atoms with Gasteiger partial charge in [-0.1, -0.05) is 28.9 Å². The molecule has 0 atom stereocenters. The van der Waals surface area contributed by atoms with Crippen molar-refractivity contribution < 1.29 is 9.32 Å². The van der Waals surface area contributed by atoms with Crippen LogP contribution in [0.1, 0.15) is 10.7 Å². The second kappa shape index (κ2) is 4.30. The van der Waals surface area contributed by atoms with Crippen LogP contribution < -0.4 is 11.3 Å². The molecule has 82 valence electrons. The van der Waals surface area contributed by atoms with Crippen LogP contribution in [0.15, 0.2) is 28.8 Å². The van der Waals surface area contributed by atoms with Crippen molar-refractivity contribution in [2.24, 2.45) is 5.84 Å². The van der Waals surface area contributed by atoms with Crippen molar-refractivity contribution in [3.63, 3.8) is 0 Å².